The van der Waals surface area contributed by atoms with Gasteiger partial charge in [0.25, 0.3) is 5.56 Å². The second-order valence-electron chi connectivity index (χ2n) is 8.57. The predicted octanol–water partition coefficient (Wildman–Crippen LogP) is 3.27. The molecule has 1 amide bonds. The molecule has 8 nitrogen and oxygen atoms in total. The summed E-state index contributed by atoms with van der Waals surface area (Å²) in [5.74, 6) is 0.552. The summed E-state index contributed by atoms with van der Waals surface area (Å²) in [6.45, 7) is 3.61. The molecular formula is C24H25F3N6O2. The highest BCUT2D eigenvalue weighted by Crippen LogP contribution is 2.31. The van der Waals surface area contributed by atoms with Crippen LogP contribution in [0.15, 0.2) is 41.3 Å². The van der Waals surface area contributed by atoms with Crippen LogP contribution in [-0.2, 0) is 30.5 Å². The molecule has 3 aromatic rings. The summed E-state index contributed by atoms with van der Waals surface area (Å²) in [7, 11) is 0. The molecule has 0 aliphatic carbocycles. The molecule has 2 aromatic heterocycles. The molecule has 4 rings (SSSR count). The van der Waals surface area contributed by atoms with Crippen molar-refractivity contribution < 1.29 is 18.0 Å². The molecule has 1 atom stereocenters. The zero-order chi connectivity index (χ0) is 25.3. The molecule has 35 heavy (non-hydrogen) atoms. The predicted molar refractivity (Wildman–Crippen MR) is 125 cm³/mol. The zero-order valence-electron chi connectivity index (χ0n) is 19.2. The van der Waals surface area contributed by atoms with Crippen LogP contribution in [0.5, 0.6) is 0 Å². The van der Waals surface area contributed by atoms with Crippen molar-refractivity contribution in [2.24, 2.45) is 0 Å². The Kier molecular flexibility index (Phi) is 6.51. The molecule has 0 spiro atoms. The number of amides is 1. The molecule has 0 radical (unpaired) electrons. The number of carbonyl (C=O) groups excluding carboxylic acids is 1. The summed E-state index contributed by atoms with van der Waals surface area (Å²) < 4.78 is 40.7. The van der Waals surface area contributed by atoms with Crippen molar-refractivity contribution in [3.63, 3.8) is 0 Å². The number of alkyl halides is 3. The second-order valence-corrected chi connectivity index (χ2v) is 8.57. The number of nitrogen functional groups attached to an aromatic ring is 1. The maximum atomic E-state index is 13.1. The van der Waals surface area contributed by atoms with Crippen LogP contribution in [0.3, 0.4) is 0 Å². The molecule has 0 fully saturated rings. The Hall–Kier alpha value is -3.89. The summed E-state index contributed by atoms with van der Waals surface area (Å²) in [6.07, 6.45) is -2.22. The number of anilines is 2. The van der Waals surface area contributed by atoms with Gasteiger partial charge in [-0.1, -0.05) is 17.7 Å². The van der Waals surface area contributed by atoms with E-state index in [-0.39, 0.29) is 24.7 Å². The highest BCUT2D eigenvalue weighted by Gasteiger charge is 2.32. The molecular weight excluding hydrogens is 461 g/mol. The van der Waals surface area contributed by atoms with Crippen LogP contribution >= 0.6 is 0 Å². The highest BCUT2D eigenvalue weighted by atomic mass is 19.4. The number of rotatable bonds is 6. The Morgan fingerprint density at radius 1 is 1.20 bits per heavy atom. The van der Waals surface area contributed by atoms with Gasteiger partial charge in [0.2, 0.25) is 5.91 Å². The highest BCUT2D eigenvalue weighted by molar-refractivity contribution is 5.81. The van der Waals surface area contributed by atoms with E-state index in [1.54, 1.807) is 32.0 Å². The first kappa shape index (κ1) is 24.2. The van der Waals surface area contributed by atoms with Crippen molar-refractivity contribution in [1.82, 2.24) is 19.9 Å². The Bertz CT molecular complexity index is 1340. The van der Waals surface area contributed by atoms with Crippen LogP contribution in [0, 0.1) is 13.8 Å². The van der Waals surface area contributed by atoms with Crippen molar-refractivity contribution in [3.05, 3.63) is 80.7 Å². The molecule has 1 aliphatic heterocycles. The molecule has 4 N–H and O–H groups in total. The molecule has 0 bridgehead atoms. The van der Waals surface area contributed by atoms with Crippen molar-refractivity contribution in [2.75, 3.05) is 11.1 Å². The number of halogens is 3. The van der Waals surface area contributed by atoms with E-state index in [4.69, 9.17) is 5.73 Å². The van der Waals surface area contributed by atoms with E-state index >= 15 is 0 Å². The average molecular weight is 486 g/mol. The third-order valence-electron chi connectivity index (χ3n) is 5.94. The fourth-order valence-corrected chi connectivity index (χ4v) is 4.20. The average Bonchev–Trinajstić information content (AvgIpc) is 3.22. The zero-order valence-corrected chi connectivity index (χ0v) is 19.2. The number of carbonyl (C=O) groups is 1. The topological polar surface area (TPSA) is 115 Å². The lowest BCUT2D eigenvalue weighted by atomic mass is 10.1. The van der Waals surface area contributed by atoms with E-state index in [1.165, 1.54) is 10.8 Å². The number of fused-ring (bicyclic) bond motifs is 1. The minimum Gasteiger partial charge on any atom is -0.384 e. The Balaban J connectivity index is 1.49. The van der Waals surface area contributed by atoms with Crippen molar-refractivity contribution in [3.8, 4) is 0 Å². The third-order valence-corrected chi connectivity index (χ3v) is 5.94. The number of pyridine rings is 1. The SMILES string of the molecule is Cc1cc(CNc2cnc3n(c2=O)C(C(=O)NCc2ccc(N)nc2C)CC3)cc(C(F)(F)F)c1. The maximum absolute atomic E-state index is 13.1. The molecule has 184 valence electrons. The first-order valence-electron chi connectivity index (χ1n) is 11.0. The van der Waals surface area contributed by atoms with Gasteiger partial charge >= 0.3 is 6.18 Å². The van der Waals surface area contributed by atoms with Crippen molar-refractivity contribution >= 4 is 17.4 Å². The summed E-state index contributed by atoms with van der Waals surface area (Å²) in [5, 5.41) is 5.72. The van der Waals surface area contributed by atoms with Gasteiger partial charge in [-0.2, -0.15) is 13.2 Å². The van der Waals surface area contributed by atoms with Gasteiger partial charge in [0.15, 0.2) is 0 Å². The van der Waals surface area contributed by atoms with Gasteiger partial charge in [0.05, 0.1) is 11.8 Å². The third kappa shape index (κ3) is 5.28. The molecule has 1 unspecified atom stereocenters. The monoisotopic (exact) mass is 486 g/mol. The number of aryl methyl sites for hydroxylation is 3. The van der Waals surface area contributed by atoms with Crippen LogP contribution in [0.2, 0.25) is 0 Å². The number of hydrogen-bond donors (Lipinski definition) is 3. The maximum Gasteiger partial charge on any atom is 0.416 e. The van der Waals surface area contributed by atoms with Crippen molar-refractivity contribution in [2.45, 2.75) is 52.0 Å². The number of benzene rings is 1. The van der Waals surface area contributed by atoms with E-state index in [9.17, 15) is 22.8 Å². The largest absolute Gasteiger partial charge is 0.416 e. The molecule has 1 aliphatic rings. The minimum absolute atomic E-state index is 0.00129. The number of nitrogens with zero attached hydrogens (tertiary/aromatic N) is 3. The molecule has 1 aromatic carbocycles. The first-order chi connectivity index (χ1) is 16.5. The van der Waals surface area contributed by atoms with Gasteiger partial charge in [-0.3, -0.25) is 14.2 Å². The number of aromatic nitrogens is 3. The van der Waals surface area contributed by atoms with Gasteiger partial charge in [0.1, 0.15) is 23.4 Å². The van der Waals surface area contributed by atoms with E-state index in [1.807, 2.05) is 0 Å². The summed E-state index contributed by atoms with van der Waals surface area (Å²) in [5.41, 5.74) is 6.93. The standard InChI is InChI=1S/C24H25F3N6O2/c1-13-7-15(9-17(8-13)24(25,26)27)10-29-18-12-30-21-6-4-19(33(21)23(18)35)22(34)31-11-16-3-5-20(28)32-14(16)2/h3,5,7-9,12,19,29H,4,6,10-11H2,1-2H3,(H2,28,32)(H,31,34). The quantitative estimate of drug-likeness (QED) is 0.493. The van der Waals surface area contributed by atoms with E-state index in [2.05, 4.69) is 20.6 Å². The molecule has 3 heterocycles. The Morgan fingerprint density at radius 3 is 2.69 bits per heavy atom. The normalized spacial score (nSPS) is 15.1. The van der Waals surface area contributed by atoms with Crippen molar-refractivity contribution in [1.29, 1.82) is 0 Å². The van der Waals surface area contributed by atoms with Crippen LogP contribution < -0.4 is 21.9 Å². The number of nitrogens with two attached hydrogens (primary N) is 1. The first-order valence-corrected chi connectivity index (χ1v) is 11.0. The fraction of sp³-hybridized carbons (Fsp3) is 0.333. The molecule has 11 heteroatoms. The second kappa shape index (κ2) is 9.40. The molecule has 0 saturated heterocycles. The number of nitrogens with one attached hydrogen (secondary N) is 2. The lowest BCUT2D eigenvalue weighted by Gasteiger charge is -2.16. The van der Waals surface area contributed by atoms with E-state index in [0.717, 1.165) is 17.7 Å². The fourth-order valence-electron chi connectivity index (χ4n) is 4.20. The summed E-state index contributed by atoms with van der Waals surface area (Å²) in [6, 6.07) is 6.43. The number of hydrogen-bond acceptors (Lipinski definition) is 6. The summed E-state index contributed by atoms with van der Waals surface area (Å²) in [4.78, 5) is 34.5. The van der Waals surface area contributed by atoms with Crippen LogP contribution in [0.25, 0.3) is 0 Å². The summed E-state index contributed by atoms with van der Waals surface area (Å²) >= 11 is 0. The lowest BCUT2D eigenvalue weighted by Crippen LogP contribution is -2.36. The minimum atomic E-state index is -4.46. The lowest BCUT2D eigenvalue weighted by molar-refractivity contribution is -0.137. The smallest absolute Gasteiger partial charge is 0.384 e. The Labute approximate surface area is 199 Å². The van der Waals surface area contributed by atoms with Crippen LogP contribution in [0.4, 0.5) is 24.7 Å². The van der Waals surface area contributed by atoms with Gasteiger partial charge in [0, 0.05) is 25.2 Å². The molecule has 0 saturated carbocycles. The van der Waals surface area contributed by atoms with Gasteiger partial charge in [-0.25, -0.2) is 9.97 Å². The van der Waals surface area contributed by atoms with Gasteiger partial charge < -0.3 is 16.4 Å². The Morgan fingerprint density at radius 2 is 1.97 bits per heavy atom. The van der Waals surface area contributed by atoms with E-state index < -0.39 is 23.3 Å². The van der Waals surface area contributed by atoms with Crippen LogP contribution in [-0.4, -0.2) is 20.4 Å². The van der Waals surface area contributed by atoms with Gasteiger partial charge in [-0.05, 0) is 49.6 Å². The van der Waals surface area contributed by atoms with Crippen LogP contribution in [0.1, 0.15) is 46.2 Å². The van der Waals surface area contributed by atoms with E-state index in [0.29, 0.717) is 41.3 Å². The van der Waals surface area contributed by atoms with Gasteiger partial charge in [-0.15, -0.1) is 0 Å².